The van der Waals surface area contributed by atoms with Crippen molar-refractivity contribution in [1.82, 2.24) is 5.32 Å². The molecule has 1 fully saturated rings. The average molecular weight is 451 g/mol. The Balaban J connectivity index is 1.76. The number of nitrogens with one attached hydrogen (secondary N) is 2. The van der Waals surface area contributed by atoms with Crippen molar-refractivity contribution >= 4 is 35.0 Å². The predicted molar refractivity (Wildman–Crippen MR) is 130 cm³/mol. The van der Waals surface area contributed by atoms with Gasteiger partial charge in [0.25, 0.3) is 11.6 Å². The number of anilines is 2. The number of non-ortho nitro benzene ring substituents is 1. The van der Waals surface area contributed by atoms with Crippen LogP contribution in [0.15, 0.2) is 48.5 Å². The van der Waals surface area contributed by atoms with Gasteiger partial charge in [-0.1, -0.05) is 6.92 Å². The molecule has 3 rings (SSSR count). The van der Waals surface area contributed by atoms with Crippen LogP contribution in [0, 0.1) is 10.1 Å². The average Bonchev–Trinajstić information content (AvgIpc) is 2.83. The first kappa shape index (κ1) is 24.0. The summed E-state index contributed by atoms with van der Waals surface area (Å²) in [4.78, 5) is 37.9. The molecule has 0 radical (unpaired) electrons. The summed E-state index contributed by atoms with van der Waals surface area (Å²) in [5, 5.41) is 16.6. The molecule has 0 bridgehead atoms. The Hall–Kier alpha value is -3.68. The molecular formula is C25H30N4O4. The van der Waals surface area contributed by atoms with E-state index in [1.165, 1.54) is 24.6 Å². The van der Waals surface area contributed by atoms with E-state index in [1.54, 1.807) is 24.3 Å². The molecule has 0 saturated carbocycles. The normalized spacial score (nSPS) is 14.7. The van der Waals surface area contributed by atoms with Gasteiger partial charge >= 0.3 is 0 Å². The second-order valence-corrected chi connectivity index (χ2v) is 8.23. The number of piperidine rings is 1. The van der Waals surface area contributed by atoms with Crippen LogP contribution in [0.4, 0.5) is 17.1 Å². The Morgan fingerprint density at radius 2 is 1.82 bits per heavy atom. The molecule has 0 aliphatic carbocycles. The zero-order valence-electron chi connectivity index (χ0n) is 19.0. The lowest BCUT2D eigenvalue weighted by atomic mass is 10.1. The molecule has 2 aromatic carbocycles. The highest BCUT2D eigenvalue weighted by atomic mass is 16.6. The standard InChI is InChI=1S/C25H30N4O4/c1-3-18(2)26-25(31)22-17-20(10-13-23(22)28-15-5-4-6-16-28)27-24(30)14-9-19-7-11-21(12-8-19)29(32)33/h7-14,17-18H,3-6,15-16H2,1-2H3,(H,26,31)(H,27,30)/b14-9+/t18-/m0/s1. The Kier molecular flexibility index (Phi) is 8.18. The van der Waals surface area contributed by atoms with Crippen LogP contribution in [0.1, 0.15) is 55.5 Å². The Labute approximate surface area is 193 Å². The first-order chi connectivity index (χ1) is 15.9. The predicted octanol–water partition coefficient (Wildman–Crippen LogP) is 4.77. The zero-order chi connectivity index (χ0) is 23.8. The van der Waals surface area contributed by atoms with E-state index in [4.69, 9.17) is 0 Å². The van der Waals surface area contributed by atoms with Gasteiger partial charge in [0, 0.05) is 48.7 Å². The molecule has 1 saturated heterocycles. The highest BCUT2D eigenvalue weighted by Crippen LogP contribution is 2.27. The summed E-state index contributed by atoms with van der Waals surface area (Å²) in [6, 6.07) is 11.4. The minimum absolute atomic E-state index is 0.00593. The summed E-state index contributed by atoms with van der Waals surface area (Å²) in [5.41, 5.74) is 2.63. The third-order valence-electron chi connectivity index (χ3n) is 5.73. The van der Waals surface area contributed by atoms with Crippen LogP contribution in [0.5, 0.6) is 0 Å². The lowest BCUT2D eigenvalue weighted by Crippen LogP contribution is -2.35. The van der Waals surface area contributed by atoms with E-state index in [2.05, 4.69) is 15.5 Å². The molecule has 1 atom stereocenters. The largest absolute Gasteiger partial charge is 0.371 e. The van der Waals surface area contributed by atoms with Crippen molar-refractivity contribution in [2.24, 2.45) is 0 Å². The van der Waals surface area contributed by atoms with Crippen LogP contribution >= 0.6 is 0 Å². The van der Waals surface area contributed by atoms with E-state index in [1.807, 2.05) is 26.0 Å². The molecular weight excluding hydrogens is 420 g/mol. The van der Waals surface area contributed by atoms with Gasteiger partial charge in [-0.2, -0.15) is 0 Å². The third-order valence-corrected chi connectivity index (χ3v) is 5.73. The van der Waals surface area contributed by atoms with Crippen molar-refractivity contribution in [2.45, 2.75) is 45.6 Å². The maximum atomic E-state index is 13.0. The number of hydrogen-bond acceptors (Lipinski definition) is 5. The highest BCUT2D eigenvalue weighted by molar-refractivity contribution is 6.05. The molecule has 0 spiro atoms. The Bertz CT molecular complexity index is 1030. The zero-order valence-corrected chi connectivity index (χ0v) is 19.0. The van der Waals surface area contributed by atoms with E-state index >= 15 is 0 Å². The van der Waals surface area contributed by atoms with E-state index in [0.717, 1.165) is 38.0 Å². The summed E-state index contributed by atoms with van der Waals surface area (Å²) in [7, 11) is 0. The molecule has 2 N–H and O–H groups in total. The first-order valence-electron chi connectivity index (χ1n) is 11.3. The number of carbonyl (C=O) groups excluding carboxylic acids is 2. The van der Waals surface area contributed by atoms with Crippen LogP contribution in [0.2, 0.25) is 0 Å². The van der Waals surface area contributed by atoms with Gasteiger partial charge in [0.15, 0.2) is 0 Å². The van der Waals surface area contributed by atoms with E-state index in [-0.39, 0.29) is 23.5 Å². The maximum absolute atomic E-state index is 13.0. The summed E-state index contributed by atoms with van der Waals surface area (Å²) < 4.78 is 0. The van der Waals surface area contributed by atoms with Crippen LogP contribution in [-0.2, 0) is 4.79 Å². The monoisotopic (exact) mass is 450 g/mol. The third kappa shape index (κ3) is 6.65. The van der Waals surface area contributed by atoms with E-state index < -0.39 is 4.92 Å². The topological polar surface area (TPSA) is 105 Å². The number of nitro groups is 1. The van der Waals surface area contributed by atoms with Crippen molar-refractivity contribution in [3.05, 3.63) is 69.8 Å². The number of rotatable bonds is 8. The van der Waals surface area contributed by atoms with Crippen LogP contribution in [0.3, 0.4) is 0 Å². The fourth-order valence-electron chi connectivity index (χ4n) is 3.67. The summed E-state index contributed by atoms with van der Waals surface area (Å²) in [6.07, 6.45) is 7.15. The maximum Gasteiger partial charge on any atom is 0.269 e. The van der Waals surface area contributed by atoms with Gasteiger partial charge in [0.2, 0.25) is 5.91 Å². The van der Waals surface area contributed by atoms with Gasteiger partial charge in [-0.25, -0.2) is 0 Å². The molecule has 174 valence electrons. The molecule has 1 heterocycles. The molecule has 2 aromatic rings. The lowest BCUT2D eigenvalue weighted by molar-refractivity contribution is -0.384. The first-order valence-corrected chi connectivity index (χ1v) is 11.3. The SMILES string of the molecule is CC[C@H](C)NC(=O)c1cc(NC(=O)/C=C/c2ccc([N+](=O)[O-])cc2)ccc1N1CCCCC1. The smallest absolute Gasteiger partial charge is 0.269 e. The molecule has 0 aromatic heterocycles. The minimum atomic E-state index is -0.469. The number of carbonyl (C=O) groups is 2. The second kappa shape index (κ2) is 11.3. The number of hydrogen-bond donors (Lipinski definition) is 2. The molecule has 2 amide bonds. The quantitative estimate of drug-likeness (QED) is 0.343. The molecule has 1 aliphatic heterocycles. The van der Waals surface area contributed by atoms with Crippen LogP contribution in [-0.4, -0.2) is 35.9 Å². The van der Waals surface area contributed by atoms with Gasteiger partial charge < -0.3 is 15.5 Å². The summed E-state index contributed by atoms with van der Waals surface area (Å²) in [6.45, 7) is 5.80. The molecule has 1 aliphatic rings. The summed E-state index contributed by atoms with van der Waals surface area (Å²) in [5.74, 6) is -0.505. The minimum Gasteiger partial charge on any atom is -0.371 e. The van der Waals surface area contributed by atoms with Gasteiger partial charge in [0.05, 0.1) is 10.5 Å². The Morgan fingerprint density at radius 3 is 2.45 bits per heavy atom. The van der Waals surface area contributed by atoms with Crippen molar-refractivity contribution < 1.29 is 14.5 Å². The second-order valence-electron chi connectivity index (χ2n) is 8.23. The lowest BCUT2D eigenvalue weighted by Gasteiger charge is -2.30. The fourth-order valence-corrected chi connectivity index (χ4v) is 3.67. The number of nitrogens with zero attached hydrogens (tertiary/aromatic N) is 2. The van der Waals surface area contributed by atoms with Gasteiger partial charge in [0.1, 0.15) is 0 Å². The van der Waals surface area contributed by atoms with Crippen LogP contribution < -0.4 is 15.5 Å². The number of benzene rings is 2. The van der Waals surface area contributed by atoms with Crippen molar-refractivity contribution in [3.63, 3.8) is 0 Å². The molecule has 8 heteroatoms. The molecule has 33 heavy (non-hydrogen) atoms. The van der Waals surface area contributed by atoms with Gasteiger partial charge in [-0.05, 0) is 74.6 Å². The Morgan fingerprint density at radius 1 is 1.12 bits per heavy atom. The van der Waals surface area contributed by atoms with Crippen molar-refractivity contribution in [2.75, 3.05) is 23.3 Å². The molecule has 8 nitrogen and oxygen atoms in total. The van der Waals surface area contributed by atoms with Crippen LogP contribution in [0.25, 0.3) is 6.08 Å². The fraction of sp³-hybridized carbons (Fsp3) is 0.360. The van der Waals surface area contributed by atoms with Crippen molar-refractivity contribution in [3.8, 4) is 0 Å². The molecule has 0 unspecified atom stereocenters. The highest BCUT2D eigenvalue weighted by Gasteiger charge is 2.20. The van der Waals surface area contributed by atoms with Crippen molar-refractivity contribution in [1.29, 1.82) is 0 Å². The van der Waals surface area contributed by atoms with Gasteiger partial charge in [-0.15, -0.1) is 0 Å². The van der Waals surface area contributed by atoms with Gasteiger partial charge in [-0.3, -0.25) is 19.7 Å². The summed E-state index contributed by atoms with van der Waals surface area (Å²) >= 11 is 0. The number of amides is 2. The number of nitro benzene ring substituents is 1. The van der Waals surface area contributed by atoms with E-state index in [9.17, 15) is 19.7 Å². The van der Waals surface area contributed by atoms with E-state index in [0.29, 0.717) is 16.8 Å².